The van der Waals surface area contributed by atoms with E-state index in [0.717, 1.165) is 29.5 Å². The van der Waals surface area contributed by atoms with E-state index in [0.29, 0.717) is 18.8 Å². The molecule has 3 rings (SSSR count). The van der Waals surface area contributed by atoms with Crippen LogP contribution in [0, 0.1) is 6.07 Å². The fraction of sp³-hybridized carbons (Fsp3) is 0.235. The van der Waals surface area contributed by atoms with Crippen LogP contribution in [0.1, 0.15) is 33.4 Å². The Hall–Kier alpha value is -2.53. The summed E-state index contributed by atoms with van der Waals surface area (Å²) in [7, 11) is 0. The van der Waals surface area contributed by atoms with Gasteiger partial charge >= 0.3 is 0 Å². The number of carbonyl (C=O) groups is 2. The average molecular weight is 294 g/mol. The lowest BCUT2D eigenvalue weighted by atomic mass is 9.92. The molecule has 1 aromatic carbocycles. The molecule has 1 aromatic heterocycles. The topological polar surface area (TPSA) is 76.3 Å². The van der Waals surface area contributed by atoms with Gasteiger partial charge in [0.2, 0.25) is 5.91 Å². The number of aromatic nitrogens is 1. The number of benzene rings is 1. The van der Waals surface area contributed by atoms with Crippen molar-refractivity contribution in [2.45, 2.75) is 19.0 Å². The van der Waals surface area contributed by atoms with E-state index < -0.39 is 6.04 Å². The Labute approximate surface area is 128 Å². The second kappa shape index (κ2) is 6.07. The van der Waals surface area contributed by atoms with E-state index in [1.165, 1.54) is 0 Å². The zero-order valence-corrected chi connectivity index (χ0v) is 12.0. The summed E-state index contributed by atoms with van der Waals surface area (Å²) in [5.41, 5.74) is 8.80. The Kier molecular flexibility index (Phi) is 3.98. The van der Waals surface area contributed by atoms with Crippen LogP contribution in [0.5, 0.6) is 0 Å². The fourth-order valence-electron chi connectivity index (χ4n) is 2.91. The van der Waals surface area contributed by atoms with Crippen LogP contribution in [0.15, 0.2) is 36.4 Å². The van der Waals surface area contributed by atoms with Gasteiger partial charge in [-0.3, -0.25) is 14.5 Å². The maximum absolute atomic E-state index is 11.9. The highest BCUT2D eigenvalue weighted by Crippen LogP contribution is 2.30. The maximum atomic E-state index is 11.9. The zero-order valence-electron chi connectivity index (χ0n) is 12.0. The molecule has 0 saturated heterocycles. The summed E-state index contributed by atoms with van der Waals surface area (Å²) in [6.45, 7) is 1.19. The summed E-state index contributed by atoms with van der Waals surface area (Å²) in [5.74, 6) is -0.376. The third-order valence-electron chi connectivity index (χ3n) is 3.90. The monoisotopic (exact) mass is 294 g/mol. The van der Waals surface area contributed by atoms with Crippen LogP contribution in [0.25, 0.3) is 0 Å². The molecule has 2 aromatic rings. The summed E-state index contributed by atoms with van der Waals surface area (Å²) in [6, 6.07) is 13.5. The number of pyridine rings is 1. The molecule has 1 amide bonds. The Bertz CT molecular complexity index is 715. The van der Waals surface area contributed by atoms with Crippen molar-refractivity contribution in [2.24, 2.45) is 5.73 Å². The molecule has 5 heteroatoms. The van der Waals surface area contributed by atoms with Crippen LogP contribution in [0.4, 0.5) is 0 Å². The molecule has 1 radical (unpaired) electrons. The minimum absolute atomic E-state index is 0.376. The second-order valence-corrected chi connectivity index (χ2v) is 5.32. The molecule has 0 saturated carbocycles. The fourth-order valence-corrected chi connectivity index (χ4v) is 2.91. The Balaban J connectivity index is 1.90. The second-order valence-electron chi connectivity index (χ2n) is 5.32. The van der Waals surface area contributed by atoms with Crippen LogP contribution in [0.2, 0.25) is 0 Å². The van der Waals surface area contributed by atoms with Crippen LogP contribution < -0.4 is 5.73 Å². The SMILES string of the molecule is NC(=O)C1c2cc[c]cc2CCN1Cc1cccc(C=O)n1. The van der Waals surface area contributed by atoms with E-state index in [1.807, 2.05) is 23.1 Å². The van der Waals surface area contributed by atoms with E-state index in [4.69, 9.17) is 5.73 Å². The standard InChI is InChI=1S/C17H16N3O2/c18-17(22)16-15-7-2-1-4-12(15)8-9-20(16)10-13-5-3-6-14(11-21)19-13/h2-7,11,16H,8-10H2,(H2,18,22). The third-order valence-corrected chi connectivity index (χ3v) is 3.90. The number of aldehydes is 1. The molecule has 22 heavy (non-hydrogen) atoms. The van der Waals surface area contributed by atoms with E-state index in [1.54, 1.807) is 18.2 Å². The van der Waals surface area contributed by atoms with Gasteiger partial charge in [0.15, 0.2) is 6.29 Å². The summed E-state index contributed by atoms with van der Waals surface area (Å²) in [4.78, 5) is 29.0. The van der Waals surface area contributed by atoms with E-state index in [2.05, 4.69) is 11.1 Å². The molecule has 111 valence electrons. The molecule has 2 heterocycles. The van der Waals surface area contributed by atoms with Crippen molar-refractivity contribution < 1.29 is 9.59 Å². The van der Waals surface area contributed by atoms with Gasteiger partial charge in [0.1, 0.15) is 11.7 Å². The summed E-state index contributed by atoms with van der Waals surface area (Å²) in [5, 5.41) is 0. The Morgan fingerprint density at radius 2 is 2.32 bits per heavy atom. The van der Waals surface area contributed by atoms with Crippen molar-refractivity contribution in [3.63, 3.8) is 0 Å². The smallest absolute Gasteiger partial charge is 0.239 e. The van der Waals surface area contributed by atoms with Gasteiger partial charge in [-0.25, -0.2) is 4.98 Å². The van der Waals surface area contributed by atoms with Gasteiger partial charge in [0, 0.05) is 13.1 Å². The van der Waals surface area contributed by atoms with E-state index in [-0.39, 0.29) is 5.91 Å². The molecule has 2 N–H and O–H groups in total. The molecular weight excluding hydrogens is 278 g/mol. The van der Waals surface area contributed by atoms with Gasteiger partial charge in [-0.2, -0.15) is 0 Å². The van der Waals surface area contributed by atoms with Crippen molar-refractivity contribution in [1.82, 2.24) is 9.88 Å². The first-order valence-corrected chi connectivity index (χ1v) is 7.12. The quantitative estimate of drug-likeness (QED) is 0.862. The number of hydrogen-bond acceptors (Lipinski definition) is 4. The van der Waals surface area contributed by atoms with E-state index >= 15 is 0 Å². The maximum Gasteiger partial charge on any atom is 0.239 e. The number of hydrogen-bond donors (Lipinski definition) is 1. The highest BCUT2D eigenvalue weighted by molar-refractivity contribution is 5.82. The molecule has 0 aliphatic carbocycles. The predicted octanol–water partition coefficient (Wildman–Crippen LogP) is 1.28. The van der Waals surface area contributed by atoms with Gasteiger partial charge in [-0.1, -0.05) is 24.3 Å². The number of primary amides is 1. The Morgan fingerprint density at radius 1 is 1.45 bits per heavy atom. The first kappa shape index (κ1) is 14.4. The number of nitrogens with zero attached hydrogens (tertiary/aromatic N) is 2. The summed E-state index contributed by atoms with van der Waals surface area (Å²) >= 11 is 0. The first-order valence-electron chi connectivity index (χ1n) is 7.12. The lowest BCUT2D eigenvalue weighted by Crippen LogP contribution is -2.42. The molecule has 5 nitrogen and oxygen atoms in total. The predicted molar refractivity (Wildman–Crippen MR) is 81.0 cm³/mol. The Morgan fingerprint density at radius 3 is 3.09 bits per heavy atom. The summed E-state index contributed by atoms with van der Waals surface area (Å²) < 4.78 is 0. The van der Waals surface area contributed by atoms with Gasteiger partial charge in [-0.05, 0) is 35.7 Å². The molecule has 0 fully saturated rings. The summed E-state index contributed by atoms with van der Waals surface area (Å²) in [6.07, 6.45) is 1.56. The van der Waals surface area contributed by atoms with Gasteiger partial charge < -0.3 is 5.73 Å². The molecular formula is C17H16N3O2. The number of carbonyl (C=O) groups excluding carboxylic acids is 2. The van der Waals surface area contributed by atoms with Crippen molar-refractivity contribution in [3.8, 4) is 0 Å². The van der Waals surface area contributed by atoms with Gasteiger partial charge in [0.25, 0.3) is 0 Å². The van der Waals surface area contributed by atoms with E-state index in [9.17, 15) is 9.59 Å². The van der Waals surface area contributed by atoms with Gasteiger partial charge in [-0.15, -0.1) is 0 Å². The first-order chi connectivity index (χ1) is 10.7. The lowest BCUT2D eigenvalue weighted by Gasteiger charge is -2.35. The van der Waals surface area contributed by atoms with Crippen molar-refractivity contribution in [3.05, 3.63) is 65.0 Å². The molecule has 1 atom stereocenters. The molecule has 0 bridgehead atoms. The van der Waals surface area contributed by atoms with Crippen molar-refractivity contribution >= 4 is 12.2 Å². The van der Waals surface area contributed by atoms with Crippen LogP contribution in [-0.4, -0.2) is 28.6 Å². The van der Waals surface area contributed by atoms with Gasteiger partial charge in [0.05, 0.1) is 5.69 Å². The van der Waals surface area contributed by atoms with Crippen LogP contribution in [-0.2, 0) is 17.8 Å². The highest BCUT2D eigenvalue weighted by atomic mass is 16.1. The number of rotatable bonds is 4. The average Bonchev–Trinajstić information content (AvgIpc) is 2.54. The largest absolute Gasteiger partial charge is 0.368 e. The lowest BCUT2D eigenvalue weighted by molar-refractivity contribution is -0.124. The van der Waals surface area contributed by atoms with Crippen LogP contribution in [0.3, 0.4) is 0 Å². The zero-order chi connectivity index (χ0) is 15.5. The third kappa shape index (κ3) is 2.76. The highest BCUT2D eigenvalue weighted by Gasteiger charge is 2.31. The molecule has 1 aliphatic rings. The number of amides is 1. The molecule has 1 unspecified atom stereocenters. The molecule has 1 aliphatic heterocycles. The van der Waals surface area contributed by atoms with Crippen molar-refractivity contribution in [2.75, 3.05) is 6.54 Å². The minimum atomic E-state index is -0.472. The minimum Gasteiger partial charge on any atom is -0.368 e. The number of fused-ring (bicyclic) bond motifs is 1. The van der Waals surface area contributed by atoms with Crippen LogP contribution >= 0.6 is 0 Å². The molecule has 0 spiro atoms. The normalized spacial score (nSPS) is 17.7. The van der Waals surface area contributed by atoms with Crippen molar-refractivity contribution in [1.29, 1.82) is 0 Å². The number of nitrogens with two attached hydrogens (primary N) is 1.